The summed E-state index contributed by atoms with van der Waals surface area (Å²) in [6.07, 6.45) is 5.67. The van der Waals surface area contributed by atoms with E-state index in [1.54, 1.807) is 24.7 Å². The smallest absolute Gasteiger partial charge is 0.225 e. The number of carbonyl (C=O) groups is 1. The Kier molecular flexibility index (Phi) is 5.53. The van der Waals surface area contributed by atoms with E-state index in [-0.39, 0.29) is 5.91 Å². The SMILES string of the molecule is O=C(CCNc1ccnc2ccc(Cl)cc12)N1CCN(c2ncccn2)CC1. The van der Waals surface area contributed by atoms with Gasteiger partial charge in [0.15, 0.2) is 0 Å². The molecule has 0 bridgehead atoms. The molecule has 144 valence electrons. The van der Waals surface area contributed by atoms with Gasteiger partial charge in [0.25, 0.3) is 0 Å². The van der Waals surface area contributed by atoms with Gasteiger partial charge in [-0.25, -0.2) is 9.97 Å². The minimum atomic E-state index is 0.150. The van der Waals surface area contributed by atoms with E-state index in [0.717, 1.165) is 35.6 Å². The average Bonchev–Trinajstić information content (AvgIpc) is 2.74. The molecule has 3 aromatic rings. The number of hydrogen-bond donors (Lipinski definition) is 1. The molecule has 7 nitrogen and oxygen atoms in total. The number of hydrogen-bond acceptors (Lipinski definition) is 6. The van der Waals surface area contributed by atoms with Gasteiger partial charge in [-0.2, -0.15) is 0 Å². The zero-order valence-electron chi connectivity index (χ0n) is 15.4. The van der Waals surface area contributed by atoms with Gasteiger partial charge in [0.2, 0.25) is 11.9 Å². The van der Waals surface area contributed by atoms with Crippen LogP contribution in [-0.4, -0.2) is 58.5 Å². The number of halogens is 1. The van der Waals surface area contributed by atoms with Gasteiger partial charge < -0.3 is 15.1 Å². The molecule has 0 saturated carbocycles. The lowest BCUT2D eigenvalue weighted by Crippen LogP contribution is -2.49. The van der Waals surface area contributed by atoms with Crippen LogP contribution in [0.15, 0.2) is 48.9 Å². The average molecular weight is 397 g/mol. The summed E-state index contributed by atoms with van der Waals surface area (Å²) in [4.78, 5) is 29.5. The summed E-state index contributed by atoms with van der Waals surface area (Å²) in [6.45, 7) is 3.43. The minimum Gasteiger partial charge on any atom is -0.384 e. The van der Waals surface area contributed by atoms with Crippen molar-refractivity contribution in [1.82, 2.24) is 19.9 Å². The fraction of sp³-hybridized carbons (Fsp3) is 0.300. The summed E-state index contributed by atoms with van der Waals surface area (Å²) in [6, 6.07) is 9.31. The molecule has 2 aromatic heterocycles. The topological polar surface area (TPSA) is 74.2 Å². The third-order valence-electron chi connectivity index (χ3n) is 4.83. The van der Waals surface area contributed by atoms with Crippen LogP contribution in [0.3, 0.4) is 0 Å². The molecule has 1 N–H and O–H groups in total. The van der Waals surface area contributed by atoms with E-state index in [1.165, 1.54) is 0 Å². The van der Waals surface area contributed by atoms with E-state index in [1.807, 2.05) is 29.2 Å². The lowest BCUT2D eigenvalue weighted by atomic mass is 10.2. The monoisotopic (exact) mass is 396 g/mol. The number of aromatic nitrogens is 3. The molecule has 1 aromatic carbocycles. The van der Waals surface area contributed by atoms with Crippen molar-refractivity contribution in [2.75, 3.05) is 42.9 Å². The lowest BCUT2D eigenvalue weighted by Gasteiger charge is -2.34. The Hall–Kier alpha value is -2.93. The Labute approximate surface area is 168 Å². The highest BCUT2D eigenvalue weighted by Crippen LogP contribution is 2.24. The molecule has 8 heteroatoms. The fourth-order valence-electron chi connectivity index (χ4n) is 3.35. The van der Waals surface area contributed by atoms with E-state index in [4.69, 9.17) is 11.6 Å². The van der Waals surface area contributed by atoms with Crippen LogP contribution in [0.1, 0.15) is 6.42 Å². The number of pyridine rings is 1. The molecular formula is C20H21ClN6O. The van der Waals surface area contributed by atoms with Crippen molar-refractivity contribution in [3.63, 3.8) is 0 Å². The van der Waals surface area contributed by atoms with Gasteiger partial charge in [0.1, 0.15) is 0 Å². The van der Waals surface area contributed by atoms with Crippen LogP contribution >= 0.6 is 11.6 Å². The summed E-state index contributed by atoms with van der Waals surface area (Å²) in [5.41, 5.74) is 1.81. The first-order valence-corrected chi connectivity index (χ1v) is 9.66. The number of fused-ring (bicyclic) bond motifs is 1. The Balaban J connectivity index is 1.29. The molecule has 0 aliphatic carbocycles. The van der Waals surface area contributed by atoms with Crippen molar-refractivity contribution in [3.05, 3.63) is 53.9 Å². The maximum atomic E-state index is 12.6. The van der Waals surface area contributed by atoms with Gasteiger partial charge in [-0.1, -0.05) is 11.6 Å². The Morgan fingerprint density at radius 3 is 2.61 bits per heavy atom. The molecule has 3 heterocycles. The van der Waals surface area contributed by atoms with Crippen molar-refractivity contribution in [1.29, 1.82) is 0 Å². The van der Waals surface area contributed by atoms with Crippen LogP contribution in [0.2, 0.25) is 5.02 Å². The van der Waals surface area contributed by atoms with Crippen molar-refractivity contribution >= 4 is 40.0 Å². The first-order valence-electron chi connectivity index (χ1n) is 9.28. The molecule has 1 fully saturated rings. The first kappa shape index (κ1) is 18.4. The van der Waals surface area contributed by atoms with Crippen molar-refractivity contribution < 1.29 is 4.79 Å². The van der Waals surface area contributed by atoms with Crippen LogP contribution in [0, 0.1) is 0 Å². The predicted octanol–water partition coefficient (Wildman–Crippen LogP) is 2.83. The summed E-state index contributed by atoms with van der Waals surface area (Å²) in [5.74, 6) is 0.872. The summed E-state index contributed by atoms with van der Waals surface area (Å²) >= 11 is 6.10. The van der Waals surface area contributed by atoms with E-state index in [0.29, 0.717) is 31.1 Å². The zero-order valence-corrected chi connectivity index (χ0v) is 16.1. The fourth-order valence-corrected chi connectivity index (χ4v) is 3.52. The van der Waals surface area contributed by atoms with Crippen molar-refractivity contribution in [2.45, 2.75) is 6.42 Å². The molecule has 4 rings (SSSR count). The number of benzene rings is 1. The normalized spacial score (nSPS) is 14.3. The van der Waals surface area contributed by atoms with Crippen LogP contribution in [0.25, 0.3) is 10.9 Å². The molecule has 1 aliphatic rings. The number of amides is 1. The van der Waals surface area contributed by atoms with Gasteiger partial charge in [-0.3, -0.25) is 9.78 Å². The number of piperazine rings is 1. The summed E-state index contributed by atoms with van der Waals surface area (Å²) < 4.78 is 0. The maximum Gasteiger partial charge on any atom is 0.225 e. The molecular weight excluding hydrogens is 376 g/mol. The van der Waals surface area contributed by atoms with Crippen LogP contribution in [0.4, 0.5) is 11.6 Å². The molecule has 0 atom stereocenters. The molecule has 0 radical (unpaired) electrons. The molecule has 0 spiro atoms. The minimum absolute atomic E-state index is 0.150. The van der Waals surface area contributed by atoms with E-state index in [9.17, 15) is 4.79 Å². The number of carbonyl (C=O) groups excluding carboxylic acids is 1. The number of nitrogens with zero attached hydrogens (tertiary/aromatic N) is 5. The Morgan fingerprint density at radius 2 is 1.82 bits per heavy atom. The lowest BCUT2D eigenvalue weighted by molar-refractivity contribution is -0.131. The summed E-state index contributed by atoms with van der Waals surface area (Å²) in [5, 5.41) is 4.97. The largest absolute Gasteiger partial charge is 0.384 e. The van der Waals surface area contributed by atoms with Gasteiger partial charge in [-0.05, 0) is 30.3 Å². The quantitative estimate of drug-likeness (QED) is 0.714. The van der Waals surface area contributed by atoms with Crippen LogP contribution in [-0.2, 0) is 4.79 Å². The number of anilines is 2. The molecule has 28 heavy (non-hydrogen) atoms. The molecule has 1 aliphatic heterocycles. The molecule has 0 unspecified atom stereocenters. The third-order valence-corrected chi connectivity index (χ3v) is 5.06. The van der Waals surface area contributed by atoms with Crippen molar-refractivity contribution in [2.24, 2.45) is 0 Å². The predicted molar refractivity (Wildman–Crippen MR) is 111 cm³/mol. The second-order valence-electron chi connectivity index (χ2n) is 6.61. The number of rotatable bonds is 5. The second-order valence-corrected chi connectivity index (χ2v) is 7.05. The van der Waals surface area contributed by atoms with Gasteiger partial charge in [0, 0.05) is 73.8 Å². The Morgan fingerprint density at radius 1 is 1.04 bits per heavy atom. The highest BCUT2D eigenvalue weighted by molar-refractivity contribution is 6.31. The molecule has 1 amide bonds. The van der Waals surface area contributed by atoms with Gasteiger partial charge in [-0.15, -0.1) is 0 Å². The van der Waals surface area contributed by atoms with Gasteiger partial charge in [0.05, 0.1) is 5.52 Å². The molecule has 1 saturated heterocycles. The third kappa shape index (κ3) is 4.14. The number of nitrogens with one attached hydrogen (secondary N) is 1. The first-order chi connectivity index (χ1) is 13.7. The summed E-state index contributed by atoms with van der Waals surface area (Å²) in [7, 11) is 0. The highest BCUT2D eigenvalue weighted by Gasteiger charge is 2.22. The van der Waals surface area contributed by atoms with E-state index < -0.39 is 0 Å². The zero-order chi connectivity index (χ0) is 19.3. The standard InChI is InChI=1S/C20H21ClN6O/c21-15-2-3-17-16(14-15)18(4-8-22-17)23-9-5-19(28)26-10-12-27(13-11-26)20-24-6-1-7-25-20/h1-4,6-8,14H,5,9-13H2,(H,22,23). The van der Waals surface area contributed by atoms with Gasteiger partial charge >= 0.3 is 0 Å². The van der Waals surface area contributed by atoms with Crippen molar-refractivity contribution in [3.8, 4) is 0 Å². The van der Waals surface area contributed by atoms with Crippen LogP contribution < -0.4 is 10.2 Å². The highest BCUT2D eigenvalue weighted by atomic mass is 35.5. The van der Waals surface area contributed by atoms with Crippen LogP contribution in [0.5, 0.6) is 0 Å². The van der Waals surface area contributed by atoms with E-state index in [2.05, 4.69) is 25.2 Å². The van der Waals surface area contributed by atoms with E-state index >= 15 is 0 Å². The maximum absolute atomic E-state index is 12.6. The second kappa shape index (κ2) is 8.39. The Bertz CT molecular complexity index is 959.